The molecule has 0 aromatic carbocycles. The second kappa shape index (κ2) is 8.28. The van der Waals surface area contributed by atoms with Crippen LogP contribution in [0.3, 0.4) is 0 Å². The second-order valence-corrected chi connectivity index (χ2v) is 7.25. The van der Waals surface area contributed by atoms with Gasteiger partial charge in [-0.05, 0) is 60.7 Å². The molecule has 0 saturated heterocycles. The third-order valence-corrected chi connectivity index (χ3v) is 5.12. The number of nitrogens with one attached hydrogen (secondary N) is 2. The van der Waals surface area contributed by atoms with Crippen LogP contribution in [0.1, 0.15) is 11.4 Å². The average molecular weight is 414 g/mol. The third kappa shape index (κ3) is 3.77. The lowest BCUT2D eigenvalue weighted by atomic mass is 9.91. The first kappa shape index (κ1) is 19.4. The summed E-state index contributed by atoms with van der Waals surface area (Å²) >= 11 is 0. The van der Waals surface area contributed by atoms with E-state index in [-0.39, 0.29) is 11.4 Å². The summed E-state index contributed by atoms with van der Waals surface area (Å²) in [4.78, 5) is 17.8. The summed E-state index contributed by atoms with van der Waals surface area (Å²) in [5, 5.41) is 16.8. The van der Waals surface area contributed by atoms with Crippen LogP contribution >= 0.6 is 0 Å². The predicted molar refractivity (Wildman–Crippen MR) is 126 cm³/mol. The van der Waals surface area contributed by atoms with Gasteiger partial charge in [0, 0.05) is 47.1 Å². The molecule has 0 unspecified atom stereocenters. The van der Waals surface area contributed by atoms with E-state index < -0.39 is 0 Å². The maximum atomic E-state index is 8.48. The molecular weight excluding hydrogens is 396 g/mol. The monoisotopic (exact) mass is 414 g/mol. The van der Waals surface area contributed by atoms with Crippen molar-refractivity contribution >= 4 is 22.6 Å². The molecule has 1 aliphatic carbocycles. The van der Waals surface area contributed by atoms with E-state index in [1.165, 1.54) is 0 Å². The SMILES string of the molecule is N=C1C=C(c2cccc(-c3cccnc3)n2)C=C(c2cccc(-c3cccnc3)n2)C1=N. The van der Waals surface area contributed by atoms with Crippen LogP contribution in [0.15, 0.2) is 97.6 Å². The van der Waals surface area contributed by atoms with Crippen LogP contribution in [0, 0.1) is 10.8 Å². The maximum absolute atomic E-state index is 8.48. The smallest absolute Gasteiger partial charge is 0.0883 e. The topological polar surface area (TPSA) is 99.3 Å². The molecule has 32 heavy (non-hydrogen) atoms. The van der Waals surface area contributed by atoms with E-state index in [4.69, 9.17) is 20.8 Å². The zero-order chi connectivity index (χ0) is 21.9. The van der Waals surface area contributed by atoms with E-state index >= 15 is 0 Å². The quantitative estimate of drug-likeness (QED) is 0.453. The Balaban J connectivity index is 1.56. The second-order valence-electron chi connectivity index (χ2n) is 7.25. The molecule has 4 aromatic heterocycles. The predicted octanol–water partition coefficient (Wildman–Crippen LogP) is 5.12. The number of pyridine rings is 4. The summed E-state index contributed by atoms with van der Waals surface area (Å²) in [6.45, 7) is 0. The Bertz CT molecular complexity index is 1390. The van der Waals surface area contributed by atoms with Gasteiger partial charge in [-0.25, -0.2) is 9.97 Å². The summed E-state index contributed by atoms with van der Waals surface area (Å²) in [6, 6.07) is 19.1. The lowest BCUT2D eigenvalue weighted by molar-refractivity contribution is 1.25. The van der Waals surface area contributed by atoms with Crippen LogP contribution in [0.25, 0.3) is 33.7 Å². The number of rotatable bonds is 4. The molecular formula is C26H18N6. The zero-order valence-electron chi connectivity index (χ0n) is 17.0. The van der Waals surface area contributed by atoms with Gasteiger partial charge in [-0.15, -0.1) is 0 Å². The van der Waals surface area contributed by atoms with Crippen LogP contribution in [0.5, 0.6) is 0 Å². The van der Waals surface area contributed by atoms with Gasteiger partial charge < -0.3 is 0 Å². The molecule has 5 rings (SSSR count). The van der Waals surface area contributed by atoms with Gasteiger partial charge in [0.05, 0.1) is 34.2 Å². The van der Waals surface area contributed by atoms with Crippen molar-refractivity contribution in [3.8, 4) is 22.5 Å². The van der Waals surface area contributed by atoms with E-state index in [0.717, 1.165) is 33.8 Å². The molecule has 0 saturated carbocycles. The molecule has 0 radical (unpaired) electrons. The molecule has 152 valence electrons. The van der Waals surface area contributed by atoms with E-state index in [1.807, 2.05) is 66.7 Å². The van der Waals surface area contributed by atoms with E-state index in [9.17, 15) is 0 Å². The minimum atomic E-state index is 0.125. The average Bonchev–Trinajstić information content (AvgIpc) is 2.87. The maximum Gasteiger partial charge on any atom is 0.0883 e. The van der Waals surface area contributed by atoms with E-state index in [0.29, 0.717) is 11.3 Å². The van der Waals surface area contributed by atoms with Gasteiger partial charge in [0.25, 0.3) is 0 Å². The highest BCUT2D eigenvalue weighted by Gasteiger charge is 2.20. The molecule has 0 atom stereocenters. The van der Waals surface area contributed by atoms with Crippen LogP contribution < -0.4 is 0 Å². The van der Waals surface area contributed by atoms with Crippen LogP contribution in [-0.2, 0) is 0 Å². The summed E-state index contributed by atoms with van der Waals surface area (Å²) < 4.78 is 0. The number of hydrogen-bond acceptors (Lipinski definition) is 6. The Kier molecular flexibility index (Phi) is 5.01. The number of aromatic nitrogens is 4. The molecule has 4 heterocycles. The molecule has 2 N–H and O–H groups in total. The van der Waals surface area contributed by atoms with Crippen molar-refractivity contribution in [2.24, 2.45) is 0 Å². The molecule has 0 aliphatic heterocycles. The minimum absolute atomic E-state index is 0.125. The Morgan fingerprint density at radius 2 is 1.12 bits per heavy atom. The molecule has 0 bridgehead atoms. The summed E-state index contributed by atoms with van der Waals surface area (Å²) in [6.07, 6.45) is 10.5. The zero-order valence-corrected chi connectivity index (χ0v) is 17.0. The first-order chi connectivity index (χ1) is 15.7. The molecule has 0 amide bonds. The molecule has 6 heteroatoms. The summed E-state index contributed by atoms with van der Waals surface area (Å²) in [5.41, 5.74) is 6.36. The first-order valence-electron chi connectivity index (χ1n) is 10.1. The first-order valence-corrected chi connectivity index (χ1v) is 10.1. The van der Waals surface area contributed by atoms with Gasteiger partial charge in [-0.1, -0.05) is 12.1 Å². The van der Waals surface area contributed by atoms with Crippen LogP contribution in [0.2, 0.25) is 0 Å². The minimum Gasteiger partial charge on any atom is -0.299 e. The number of hydrogen-bond donors (Lipinski definition) is 2. The summed E-state index contributed by atoms with van der Waals surface area (Å²) in [7, 11) is 0. The van der Waals surface area contributed by atoms with Gasteiger partial charge >= 0.3 is 0 Å². The van der Waals surface area contributed by atoms with Gasteiger partial charge in [-0.3, -0.25) is 20.8 Å². The van der Waals surface area contributed by atoms with E-state index in [2.05, 4.69) is 9.97 Å². The highest BCUT2D eigenvalue weighted by Crippen LogP contribution is 2.29. The van der Waals surface area contributed by atoms with Gasteiger partial charge in [-0.2, -0.15) is 0 Å². The van der Waals surface area contributed by atoms with Crippen molar-refractivity contribution < 1.29 is 0 Å². The fourth-order valence-electron chi connectivity index (χ4n) is 3.52. The lowest BCUT2D eigenvalue weighted by Crippen LogP contribution is -2.17. The van der Waals surface area contributed by atoms with Gasteiger partial charge in [0.2, 0.25) is 0 Å². The molecule has 6 nitrogen and oxygen atoms in total. The van der Waals surface area contributed by atoms with Crippen LogP contribution in [0.4, 0.5) is 0 Å². The van der Waals surface area contributed by atoms with Crippen molar-refractivity contribution in [1.29, 1.82) is 10.8 Å². The van der Waals surface area contributed by atoms with Crippen molar-refractivity contribution in [3.05, 3.63) is 109 Å². The number of allylic oxidation sites excluding steroid dienone is 4. The Morgan fingerprint density at radius 1 is 0.562 bits per heavy atom. The largest absolute Gasteiger partial charge is 0.299 e. The highest BCUT2D eigenvalue weighted by molar-refractivity contribution is 6.61. The van der Waals surface area contributed by atoms with Gasteiger partial charge in [0.15, 0.2) is 0 Å². The molecule has 0 spiro atoms. The number of nitrogens with zero attached hydrogens (tertiary/aromatic N) is 4. The highest BCUT2D eigenvalue weighted by atomic mass is 14.7. The lowest BCUT2D eigenvalue weighted by Gasteiger charge is -2.16. The van der Waals surface area contributed by atoms with Crippen molar-refractivity contribution in [2.75, 3.05) is 0 Å². The standard InChI is InChI=1S/C26H18N6/c27-21-14-19(24-9-1-7-22(31-24)17-5-3-11-29-15-17)13-20(26(21)28)25-10-2-8-23(32-25)18-6-4-12-30-16-18/h1-16,27-28H. The van der Waals surface area contributed by atoms with Gasteiger partial charge in [0.1, 0.15) is 0 Å². The fraction of sp³-hybridized carbons (Fsp3) is 0. The summed E-state index contributed by atoms with van der Waals surface area (Å²) in [5.74, 6) is 0. The molecule has 0 fully saturated rings. The Morgan fingerprint density at radius 3 is 1.72 bits per heavy atom. The van der Waals surface area contributed by atoms with E-state index in [1.54, 1.807) is 30.9 Å². The Labute approximate surface area is 185 Å². The Hall–Kier alpha value is -4.58. The normalized spacial score (nSPS) is 13.5. The fourth-order valence-corrected chi connectivity index (χ4v) is 3.52. The third-order valence-electron chi connectivity index (χ3n) is 5.12. The van der Waals surface area contributed by atoms with Crippen molar-refractivity contribution in [3.63, 3.8) is 0 Å². The van der Waals surface area contributed by atoms with Crippen molar-refractivity contribution in [1.82, 2.24) is 19.9 Å². The van der Waals surface area contributed by atoms with Crippen molar-refractivity contribution in [2.45, 2.75) is 0 Å². The molecule has 1 aliphatic rings. The van der Waals surface area contributed by atoms with Crippen LogP contribution in [-0.4, -0.2) is 31.4 Å². The molecule has 4 aromatic rings.